The summed E-state index contributed by atoms with van der Waals surface area (Å²) in [6, 6.07) is 12.5. The molecule has 6 heteroatoms. The first-order chi connectivity index (χ1) is 12.6. The van der Waals surface area contributed by atoms with Crippen LogP contribution < -0.4 is 4.72 Å². The van der Waals surface area contributed by atoms with Crippen LogP contribution in [0.4, 0.5) is 5.69 Å². The van der Waals surface area contributed by atoms with Gasteiger partial charge in [0.25, 0.3) is 10.0 Å². The molecule has 0 spiro atoms. The van der Waals surface area contributed by atoms with Crippen LogP contribution >= 0.6 is 0 Å². The SMILES string of the molecule is CC(=O)N1CCc2ccc(NS(=O)(=O)c3ccc(C(C)(C)C)cc3)cc2C1. The Morgan fingerprint density at radius 2 is 1.70 bits per heavy atom. The maximum atomic E-state index is 12.7. The summed E-state index contributed by atoms with van der Waals surface area (Å²) in [7, 11) is -3.66. The maximum Gasteiger partial charge on any atom is 0.261 e. The third-order valence-electron chi connectivity index (χ3n) is 4.95. The third-order valence-corrected chi connectivity index (χ3v) is 6.34. The normalized spacial score (nSPS) is 14.6. The lowest BCUT2D eigenvalue weighted by Gasteiger charge is -2.28. The number of hydrogen-bond acceptors (Lipinski definition) is 3. The van der Waals surface area contributed by atoms with Gasteiger partial charge < -0.3 is 4.90 Å². The molecule has 0 aromatic heterocycles. The van der Waals surface area contributed by atoms with Crippen molar-refractivity contribution in [2.24, 2.45) is 0 Å². The molecule has 1 amide bonds. The minimum absolute atomic E-state index is 0.0310. The summed E-state index contributed by atoms with van der Waals surface area (Å²) in [6.45, 7) is 9.04. The van der Waals surface area contributed by atoms with Crippen molar-refractivity contribution in [3.8, 4) is 0 Å². The fourth-order valence-corrected chi connectivity index (χ4v) is 4.29. The molecule has 1 heterocycles. The summed E-state index contributed by atoms with van der Waals surface area (Å²) in [6.07, 6.45) is 0.788. The summed E-state index contributed by atoms with van der Waals surface area (Å²) in [5, 5.41) is 0. The molecule has 0 radical (unpaired) electrons. The lowest BCUT2D eigenvalue weighted by molar-refractivity contribution is -0.129. The summed E-state index contributed by atoms with van der Waals surface area (Å²) in [5.41, 5.74) is 3.71. The Hall–Kier alpha value is -2.34. The first-order valence-electron chi connectivity index (χ1n) is 9.07. The second kappa shape index (κ2) is 7.00. The quantitative estimate of drug-likeness (QED) is 0.875. The van der Waals surface area contributed by atoms with Gasteiger partial charge in [0.15, 0.2) is 0 Å². The highest BCUT2D eigenvalue weighted by Gasteiger charge is 2.21. The number of nitrogens with zero attached hydrogens (tertiary/aromatic N) is 1. The molecule has 0 aliphatic carbocycles. The van der Waals surface area contributed by atoms with Gasteiger partial charge in [-0.3, -0.25) is 9.52 Å². The molecule has 1 aliphatic heterocycles. The number of carbonyl (C=O) groups excluding carboxylic acids is 1. The van der Waals surface area contributed by atoms with E-state index in [1.165, 1.54) is 0 Å². The summed E-state index contributed by atoms with van der Waals surface area (Å²) < 4.78 is 28.1. The van der Waals surface area contributed by atoms with Crippen molar-refractivity contribution in [3.05, 3.63) is 59.2 Å². The molecule has 0 fully saturated rings. The van der Waals surface area contributed by atoms with Gasteiger partial charge in [0, 0.05) is 25.7 Å². The van der Waals surface area contributed by atoms with Crippen LogP contribution in [-0.2, 0) is 33.2 Å². The molecule has 2 aromatic carbocycles. The van der Waals surface area contributed by atoms with E-state index in [2.05, 4.69) is 25.5 Å². The van der Waals surface area contributed by atoms with E-state index >= 15 is 0 Å². The molecule has 0 atom stereocenters. The highest BCUT2D eigenvalue weighted by atomic mass is 32.2. The molecular formula is C21H26N2O3S. The van der Waals surface area contributed by atoms with Crippen LogP contribution in [0.3, 0.4) is 0 Å². The highest BCUT2D eigenvalue weighted by Crippen LogP contribution is 2.26. The molecule has 0 unspecified atom stereocenters. The standard InChI is InChI=1S/C21H26N2O3S/c1-15(24)23-12-11-16-5-8-19(13-17(16)14-23)22-27(25,26)20-9-6-18(7-10-20)21(2,3)4/h5-10,13,22H,11-12,14H2,1-4H3. The van der Waals surface area contributed by atoms with Crippen LogP contribution in [0, 0.1) is 0 Å². The number of benzene rings is 2. The topological polar surface area (TPSA) is 66.5 Å². The molecule has 144 valence electrons. The van der Waals surface area contributed by atoms with Crippen molar-refractivity contribution >= 4 is 21.6 Å². The van der Waals surface area contributed by atoms with Crippen LogP contribution in [0.1, 0.15) is 44.4 Å². The zero-order valence-corrected chi connectivity index (χ0v) is 17.1. The molecule has 0 bridgehead atoms. The van der Waals surface area contributed by atoms with Crippen molar-refractivity contribution in [1.29, 1.82) is 0 Å². The average molecular weight is 387 g/mol. The van der Waals surface area contributed by atoms with Crippen LogP contribution in [0.5, 0.6) is 0 Å². The smallest absolute Gasteiger partial charge is 0.261 e. The van der Waals surface area contributed by atoms with E-state index in [0.717, 1.165) is 23.1 Å². The van der Waals surface area contributed by atoms with Crippen molar-refractivity contribution in [1.82, 2.24) is 4.90 Å². The fourth-order valence-electron chi connectivity index (χ4n) is 3.24. The van der Waals surface area contributed by atoms with Gasteiger partial charge in [-0.15, -0.1) is 0 Å². The van der Waals surface area contributed by atoms with Crippen LogP contribution in [0.2, 0.25) is 0 Å². The number of anilines is 1. The van der Waals surface area contributed by atoms with E-state index in [1.807, 2.05) is 24.3 Å². The lowest BCUT2D eigenvalue weighted by Crippen LogP contribution is -2.34. The summed E-state index contributed by atoms with van der Waals surface area (Å²) >= 11 is 0. The number of carbonyl (C=O) groups is 1. The minimum Gasteiger partial charge on any atom is -0.338 e. The molecule has 1 N–H and O–H groups in total. The molecule has 2 aromatic rings. The first kappa shape index (κ1) is 19.4. The zero-order valence-electron chi connectivity index (χ0n) is 16.2. The Kier molecular flexibility index (Phi) is 5.04. The lowest BCUT2D eigenvalue weighted by atomic mass is 9.87. The van der Waals surface area contributed by atoms with Gasteiger partial charge in [0.2, 0.25) is 5.91 Å². The molecule has 5 nitrogen and oxygen atoms in total. The summed E-state index contributed by atoms with van der Waals surface area (Å²) in [5.74, 6) is 0.0329. The molecule has 0 saturated heterocycles. The van der Waals surface area contributed by atoms with Crippen molar-refractivity contribution in [2.75, 3.05) is 11.3 Å². The van der Waals surface area contributed by atoms with Gasteiger partial charge in [-0.05, 0) is 52.8 Å². The van der Waals surface area contributed by atoms with Crippen molar-refractivity contribution < 1.29 is 13.2 Å². The second-order valence-corrected chi connectivity index (χ2v) is 9.74. The van der Waals surface area contributed by atoms with E-state index in [9.17, 15) is 13.2 Å². The van der Waals surface area contributed by atoms with Gasteiger partial charge in [0.05, 0.1) is 4.90 Å². The predicted molar refractivity (Wildman–Crippen MR) is 107 cm³/mol. The summed E-state index contributed by atoms with van der Waals surface area (Å²) in [4.78, 5) is 13.6. The van der Waals surface area contributed by atoms with E-state index in [4.69, 9.17) is 0 Å². The van der Waals surface area contributed by atoms with Crippen LogP contribution in [0.25, 0.3) is 0 Å². The molecule has 1 aliphatic rings. The highest BCUT2D eigenvalue weighted by molar-refractivity contribution is 7.92. The monoisotopic (exact) mass is 386 g/mol. The van der Waals surface area contributed by atoms with Gasteiger partial charge >= 0.3 is 0 Å². The second-order valence-electron chi connectivity index (χ2n) is 8.05. The molecule has 27 heavy (non-hydrogen) atoms. The predicted octanol–water partition coefficient (Wildman–Crippen LogP) is 3.69. The Morgan fingerprint density at radius 1 is 1.04 bits per heavy atom. The van der Waals surface area contributed by atoms with E-state index in [1.54, 1.807) is 30.0 Å². The van der Waals surface area contributed by atoms with Crippen LogP contribution in [-0.4, -0.2) is 25.8 Å². The van der Waals surface area contributed by atoms with Crippen LogP contribution in [0.15, 0.2) is 47.4 Å². The maximum absolute atomic E-state index is 12.7. The molecule has 3 rings (SSSR count). The Morgan fingerprint density at radius 3 is 2.30 bits per heavy atom. The van der Waals surface area contributed by atoms with E-state index in [0.29, 0.717) is 18.8 Å². The van der Waals surface area contributed by atoms with Crippen molar-refractivity contribution in [2.45, 2.75) is 51.0 Å². The number of fused-ring (bicyclic) bond motifs is 1. The van der Waals surface area contributed by atoms with E-state index in [-0.39, 0.29) is 16.2 Å². The fraction of sp³-hybridized carbons (Fsp3) is 0.381. The average Bonchev–Trinajstić information content (AvgIpc) is 2.60. The van der Waals surface area contributed by atoms with Gasteiger partial charge in [-0.25, -0.2) is 8.42 Å². The number of nitrogens with one attached hydrogen (secondary N) is 1. The number of sulfonamides is 1. The first-order valence-corrected chi connectivity index (χ1v) is 10.6. The third kappa shape index (κ3) is 4.33. The Balaban J connectivity index is 1.82. The van der Waals surface area contributed by atoms with Gasteiger partial charge in [-0.2, -0.15) is 0 Å². The molecule has 0 saturated carbocycles. The van der Waals surface area contributed by atoms with Crippen molar-refractivity contribution in [3.63, 3.8) is 0 Å². The number of amides is 1. The molecular weight excluding hydrogens is 360 g/mol. The minimum atomic E-state index is -3.66. The Bertz CT molecular complexity index is 958. The zero-order chi connectivity index (χ0) is 19.8. The van der Waals surface area contributed by atoms with E-state index < -0.39 is 10.0 Å². The largest absolute Gasteiger partial charge is 0.338 e. The van der Waals surface area contributed by atoms with Gasteiger partial charge in [-0.1, -0.05) is 39.0 Å². The number of hydrogen-bond donors (Lipinski definition) is 1. The van der Waals surface area contributed by atoms with Gasteiger partial charge in [0.1, 0.15) is 0 Å². The number of rotatable bonds is 3. The Labute approximate surface area is 161 Å².